The fraction of sp³-hybridized carbons (Fsp3) is 0.281. The first-order chi connectivity index (χ1) is 21.5. The van der Waals surface area contributed by atoms with E-state index in [0.29, 0.717) is 29.1 Å². The smallest absolute Gasteiger partial charge is 0.461 e. The Hall–Kier alpha value is -5.30. The Bertz CT molecular complexity index is 1660. The van der Waals surface area contributed by atoms with Crippen LogP contribution in [0, 0.1) is 5.82 Å². The molecule has 12 nitrogen and oxygen atoms in total. The van der Waals surface area contributed by atoms with Crippen LogP contribution in [0.4, 0.5) is 14.0 Å². The van der Waals surface area contributed by atoms with Crippen LogP contribution in [-0.2, 0) is 25.5 Å². The normalized spacial score (nSPS) is 16.8. The van der Waals surface area contributed by atoms with Crippen molar-refractivity contribution in [2.24, 2.45) is 0 Å². The van der Waals surface area contributed by atoms with Gasteiger partial charge in [-0.1, -0.05) is 65.8 Å². The molecule has 0 aliphatic carbocycles. The number of benzene rings is 3. The number of rotatable bonds is 9. The standard InChI is InChI=1S/C32H30FN3O9/c1-19(42-20(2)37)27-17-32(43-30(38)39,44-31(40)41)14-15-36(27)18-21-8-10-23(11-9-21)28-34-29(45-35-28)24-12-13-25(26(33)16-24)22-6-4-3-5-7-22/h3-13,16,19,27H,14-15,17-18H2,1-2H3,(H,38,39)(H,40,41). The van der Waals surface area contributed by atoms with Crippen LogP contribution in [0.25, 0.3) is 34.0 Å². The van der Waals surface area contributed by atoms with Crippen LogP contribution in [0.5, 0.6) is 0 Å². The van der Waals surface area contributed by atoms with E-state index in [4.69, 9.17) is 18.7 Å². The molecule has 1 aromatic heterocycles. The molecular formula is C32H30FN3O9. The van der Waals surface area contributed by atoms with E-state index in [1.54, 1.807) is 31.2 Å². The van der Waals surface area contributed by atoms with Crippen LogP contribution in [-0.4, -0.2) is 68.0 Å². The Kier molecular flexibility index (Phi) is 9.09. The van der Waals surface area contributed by atoms with Gasteiger partial charge in [0.2, 0.25) is 5.82 Å². The minimum absolute atomic E-state index is 0.0640. The lowest BCUT2D eigenvalue weighted by atomic mass is 9.91. The van der Waals surface area contributed by atoms with E-state index in [9.17, 15) is 29.0 Å². The van der Waals surface area contributed by atoms with E-state index in [0.717, 1.165) is 11.1 Å². The topological polar surface area (TPSA) is 162 Å². The van der Waals surface area contributed by atoms with Gasteiger partial charge in [0.15, 0.2) is 0 Å². The minimum atomic E-state index is -1.95. The van der Waals surface area contributed by atoms with Crippen molar-refractivity contribution < 1.29 is 47.7 Å². The van der Waals surface area contributed by atoms with E-state index in [1.807, 2.05) is 47.4 Å². The van der Waals surface area contributed by atoms with Gasteiger partial charge in [0.1, 0.15) is 11.9 Å². The molecule has 2 atom stereocenters. The molecule has 0 bridgehead atoms. The number of hydrogen-bond donors (Lipinski definition) is 2. The number of piperidine rings is 1. The predicted octanol–water partition coefficient (Wildman–Crippen LogP) is 6.21. The fourth-order valence-electron chi connectivity index (χ4n) is 5.51. The fourth-order valence-corrected chi connectivity index (χ4v) is 5.51. The predicted molar refractivity (Wildman–Crippen MR) is 156 cm³/mol. The molecule has 3 aromatic carbocycles. The first-order valence-electron chi connectivity index (χ1n) is 14.1. The van der Waals surface area contributed by atoms with Crippen LogP contribution in [0.15, 0.2) is 77.3 Å². The molecule has 1 saturated heterocycles. The van der Waals surface area contributed by atoms with Gasteiger partial charge in [-0.2, -0.15) is 4.98 Å². The monoisotopic (exact) mass is 619 g/mol. The van der Waals surface area contributed by atoms with Crippen molar-refractivity contribution in [1.82, 2.24) is 15.0 Å². The summed E-state index contributed by atoms with van der Waals surface area (Å²) < 4.78 is 35.5. The van der Waals surface area contributed by atoms with Gasteiger partial charge in [-0.3, -0.25) is 9.69 Å². The lowest BCUT2D eigenvalue weighted by Gasteiger charge is -2.45. The van der Waals surface area contributed by atoms with Crippen LogP contribution < -0.4 is 0 Å². The number of aromatic nitrogens is 2. The van der Waals surface area contributed by atoms with Crippen LogP contribution in [0.3, 0.4) is 0 Å². The molecule has 1 aliphatic rings. The molecule has 2 heterocycles. The van der Waals surface area contributed by atoms with Crippen molar-refractivity contribution >= 4 is 18.3 Å². The summed E-state index contributed by atoms with van der Waals surface area (Å²) >= 11 is 0. The largest absolute Gasteiger partial charge is 0.509 e. The average Bonchev–Trinajstić information content (AvgIpc) is 3.48. The van der Waals surface area contributed by atoms with Gasteiger partial charge in [-0.25, -0.2) is 14.0 Å². The number of esters is 1. The van der Waals surface area contributed by atoms with Crippen LogP contribution >= 0.6 is 0 Å². The third kappa shape index (κ3) is 7.44. The molecule has 234 valence electrons. The number of carboxylic acid groups (broad SMARTS) is 2. The average molecular weight is 620 g/mol. The summed E-state index contributed by atoms with van der Waals surface area (Å²) in [6.07, 6.45) is -4.35. The Morgan fingerprint density at radius 2 is 1.67 bits per heavy atom. The lowest BCUT2D eigenvalue weighted by Crippen LogP contribution is -2.57. The third-order valence-electron chi connectivity index (χ3n) is 7.53. The summed E-state index contributed by atoms with van der Waals surface area (Å²) in [5.41, 5.74) is 3.16. The van der Waals surface area contributed by atoms with Crippen molar-refractivity contribution in [1.29, 1.82) is 0 Å². The minimum Gasteiger partial charge on any atom is -0.461 e. The zero-order chi connectivity index (χ0) is 32.1. The lowest BCUT2D eigenvalue weighted by molar-refractivity contribution is -0.224. The quantitative estimate of drug-likeness (QED) is 0.161. The molecule has 0 saturated carbocycles. The highest BCUT2D eigenvalue weighted by Gasteiger charge is 2.48. The second kappa shape index (κ2) is 13.1. The highest BCUT2D eigenvalue weighted by molar-refractivity contribution is 5.69. The zero-order valence-electron chi connectivity index (χ0n) is 24.4. The van der Waals surface area contributed by atoms with Crippen molar-refractivity contribution in [3.63, 3.8) is 0 Å². The number of likely N-dealkylation sites (tertiary alicyclic amines) is 1. The van der Waals surface area contributed by atoms with Gasteiger partial charge in [0.05, 0.1) is 6.04 Å². The summed E-state index contributed by atoms with van der Waals surface area (Å²) in [4.78, 5) is 40.8. The summed E-state index contributed by atoms with van der Waals surface area (Å²) in [5.74, 6) is -2.43. The van der Waals surface area contributed by atoms with Crippen LogP contribution in [0.1, 0.15) is 32.3 Å². The van der Waals surface area contributed by atoms with E-state index in [2.05, 4.69) is 10.1 Å². The second-order valence-corrected chi connectivity index (χ2v) is 10.6. The molecule has 13 heteroatoms. The Morgan fingerprint density at radius 1 is 1.00 bits per heavy atom. The first-order valence-corrected chi connectivity index (χ1v) is 14.1. The second-order valence-electron chi connectivity index (χ2n) is 10.6. The maximum Gasteiger partial charge on any atom is 0.509 e. The van der Waals surface area contributed by atoms with Gasteiger partial charge in [0.25, 0.3) is 11.7 Å². The maximum absolute atomic E-state index is 14.9. The van der Waals surface area contributed by atoms with Gasteiger partial charge in [-0.15, -0.1) is 0 Å². The first kappa shape index (κ1) is 31.1. The highest BCUT2D eigenvalue weighted by Crippen LogP contribution is 2.35. The van der Waals surface area contributed by atoms with Crippen molar-refractivity contribution in [3.8, 4) is 34.0 Å². The molecular weight excluding hydrogens is 589 g/mol. The van der Waals surface area contributed by atoms with Gasteiger partial charge in [0, 0.05) is 49.5 Å². The molecule has 4 aromatic rings. The van der Waals surface area contributed by atoms with E-state index < -0.39 is 42.0 Å². The maximum atomic E-state index is 14.9. The SMILES string of the molecule is CC(=O)OC(C)C1CC(OC(=O)O)(OC(=O)O)CCN1Cc1ccc(-c2noc(-c3ccc(-c4ccccc4)c(F)c3)n2)cc1. The summed E-state index contributed by atoms with van der Waals surface area (Å²) in [5, 5.41) is 22.5. The number of nitrogens with zero attached hydrogens (tertiary/aromatic N) is 3. The number of halogens is 1. The molecule has 45 heavy (non-hydrogen) atoms. The van der Waals surface area contributed by atoms with Crippen molar-refractivity contribution in [3.05, 3.63) is 84.2 Å². The van der Waals surface area contributed by atoms with Gasteiger partial charge < -0.3 is 28.9 Å². The van der Waals surface area contributed by atoms with E-state index in [1.165, 1.54) is 13.0 Å². The summed E-state index contributed by atoms with van der Waals surface area (Å²) in [6, 6.07) is 20.6. The molecule has 2 unspecified atom stereocenters. The molecule has 2 N–H and O–H groups in total. The van der Waals surface area contributed by atoms with Crippen molar-refractivity contribution in [2.45, 2.75) is 51.2 Å². The molecule has 0 amide bonds. The Balaban J connectivity index is 1.31. The van der Waals surface area contributed by atoms with Crippen molar-refractivity contribution in [2.75, 3.05) is 6.54 Å². The molecule has 0 radical (unpaired) electrons. The Labute approximate surface area is 257 Å². The highest BCUT2D eigenvalue weighted by atomic mass is 19.1. The number of carbonyl (C=O) groups excluding carboxylic acids is 1. The third-order valence-corrected chi connectivity index (χ3v) is 7.53. The molecule has 0 spiro atoms. The Morgan fingerprint density at radius 3 is 2.29 bits per heavy atom. The molecule has 5 rings (SSSR count). The molecule has 1 fully saturated rings. The number of ether oxygens (including phenoxy) is 3. The van der Waals surface area contributed by atoms with E-state index >= 15 is 0 Å². The zero-order valence-corrected chi connectivity index (χ0v) is 24.4. The van der Waals surface area contributed by atoms with Gasteiger partial charge >= 0.3 is 18.3 Å². The van der Waals surface area contributed by atoms with Crippen LogP contribution in [0.2, 0.25) is 0 Å². The van der Waals surface area contributed by atoms with E-state index in [-0.39, 0.29) is 25.3 Å². The number of hydrogen-bond acceptors (Lipinski definition) is 10. The summed E-state index contributed by atoms with van der Waals surface area (Å²) in [7, 11) is 0. The van der Waals surface area contributed by atoms with Gasteiger partial charge in [-0.05, 0) is 30.2 Å². The summed E-state index contributed by atoms with van der Waals surface area (Å²) in [6.45, 7) is 3.43. The molecule has 1 aliphatic heterocycles. The number of carbonyl (C=O) groups is 3.